The van der Waals surface area contributed by atoms with Crippen molar-refractivity contribution < 1.29 is 14.6 Å². The van der Waals surface area contributed by atoms with E-state index in [2.05, 4.69) is 14.9 Å². The van der Waals surface area contributed by atoms with E-state index in [9.17, 15) is 9.90 Å². The molecule has 0 bridgehead atoms. The lowest BCUT2D eigenvalue weighted by molar-refractivity contribution is 0.240. The molecule has 0 atom stereocenters. The smallest absolute Gasteiger partial charge is 0.255 e. The molecule has 2 aromatic rings. The molecule has 7 heteroatoms. The van der Waals surface area contributed by atoms with Crippen molar-refractivity contribution in [1.29, 1.82) is 0 Å². The molecule has 1 aliphatic rings. The van der Waals surface area contributed by atoms with Gasteiger partial charge in [-0.3, -0.25) is 9.69 Å². The van der Waals surface area contributed by atoms with E-state index in [-0.39, 0.29) is 17.2 Å². The molecule has 0 unspecified atom stereocenters. The van der Waals surface area contributed by atoms with Gasteiger partial charge in [-0.1, -0.05) is 13.8 Å². The van der Waals surface area contributed by atoms with Crippen LogP contribution < -0.4 is 15.0 Å². The SMILES string of the molecule is COc1cc(CN2CCc3nc(C(C)C)[nH]c(=O)c3C2)cc(O)c1OC. The molecule has 3 rings (SSSR count). The molecule has 0 radical (unpaired) electrons. The number of aromatic nitrogens is 2. The maximum absolute atomic E-state index is 12.4. The van der Waals surface area contributed by atoms with E-state index in [1.165, 1.54) is 14.2 Å². The van der Waals surface area contributed by atoms with E-state index >= 15 is 0 Å². The van der Waals surface area contributed by atoms with Crippen LogP contribution in [0.3, 0.4) is 0 Å². The maximum Gasteiger partial charge on any atom is 0.255 e. The second kappa shape index (κ2) is 7.37. The third-order valence-electron chi connectivity index (χ3n) is 4.64. The number of nitrogens with one attached hydrogen (secondary N) is 1. The van der Waals surface area contributed by atoms with E-state index in [4.69, 9.17) is 9.47 Å². The monoisotopic (exact) mass is 359 g/mol. The molecular weight excluding hydrogens is 334 g/mol. The summed E-state index contributed by atoms with van der Waals surface area (Å²) in [6.45, 7) is 5.96. The van der Waals surface area contributed by atoms with E-state index in [0.717, 1.165) is 35.6 Å². The lowest BCUT2D eigenvalue weighted by Crippen LogP contribution is -2.35. The molecule has 0 saturated heterocycles. The van der Waals surface area contributed by atoms with Crippen LogP contribution in [-0.2, 0) is 19.5 Å². The molecule has 0 aliphatic carbocycles. The van der Waals surface area contributed by atoms with Crippen LogP contribution in [0.25, 0.3) is 0 Å². The number of hydrogen-bond acceptors (Lipinski definition) is 6. The predicted molar refractivity (Wildman–Crippen MR) is 98.0 cm³/mol. The Bertz CT molecular complexity index is 861. The molecule has 0 saturated carbocycles. The van der Waals surface area contributed by atoms with Crippen molar-refractivity contribution in [3.05, 3.63) is 45.1 Å². The molecule has 7 nitrogen and oxygen atoms in total. The first-order chi connectivity index (χ1) is 12.4. The minimum absolute atomic E-state index is 0.0420. The highest BCUT2D eigenvalue weighted by molar-refractivity contribution is 5.53. The topological polar surface area (TPSA) is 87.7 Å². The third kappa shape index (κ3) is 3.53. The number of methoxy groups -OCH3 is 2. The number of phenols is 1. The van der Waals surface area contributed by atoms with Crippen LogP contribution in [0.5, 0.6) is 17.2 Å². The zero-order valence-electron chi connectivity index (χ0n) is 15.6. The Hall–Kier alpha value is -2.54. The molecule has 2 heterocycles. The maximum atomic E-state index is 12.4. The number of hydrogen-bond donors (Lipinski definition) is 2. The van der Waals surface area contributed by atoms with Gasteiger partial charge < -0.3 is 19.6 Å². The van der Waals surface area contributed by atoms with E-state index in [1.807, 2.05) is 19.9 Å². The molecule has 1 aliphatic heterocycles. The minimum atomic E-state index is -0.0569. The lowest BCUT2D eigenvalue weighted by Gasteiger charge is -2.28. The van der Waals surface area contributed by atoms with Crippen LogP contribution in [0.4, 0.5) is 0 Å². The number of rotatable bonds is 5. The number of fused-ring (bicyclic) bond motifs is 1. The first kappa shape index (κ1) is 18.3. The number of phenolic OH excluding ortho intramolecular Hbond substituents is 1. The average Bonchev–Trinajstić information content (AvgIpc) is 2.61. The summed E-state index contributed by atoms with van der Waals surface area (Å²) in [5.74, 6) is 1.79. The Morgan fingerprint density at radius 1 is 1.31 bits per heavy atom. The fraction of sp³-hybridized carbons (Fsp3) is 0.474. The number of benzene rings is 1. The van der Waals surface area contributed by atoms with Gasteiger partial charge in [0.1, 0.15) is 5.82 Å². The summed E-state index contributed by atoms with van der Waals surface area (Å²) in [6, 6.07) is 3.51. The molecule has 0 amide bonds. The van der Waals surface area contributed by atoms with E-state index < -0.39 is 0 Å². The van der Waals surface area contributed by atoms with Gasteiger partial charge in [-0.2, -0.15) is 0 Å². The Balaban J connectivity index is 1.82. The molecule has 0 fully saturated rings. The van der Waals surface area contributed by atoms with E-state index in [0.29, 0.717) is 24.6 Å². The van der Waals surface area contributed by atoms with Gasteiger partial charge in [0, 0.05) is 32.0 Å². The quantitative estimate of drug-likeness (QED) is 0.851. The van der Waals surface area contributed by atoms with Crippen molar-refractivity contribution in [2.75, 3.05) is 20.8 Å². The summed E-state index contributed by atoms with van der Waals surface area (Å²) in [6.07, 6.45) is 0.734. The van der Waals surface area contributed by atoms with Crippen molar-refractivity contribution in [3.63, 3.8) is 0 Å². The summed E-state index contributed by atoms with van der Waals surface area (Å²) < 4.78 is 10.5. The molecule has 0 spiro atoms. The number of ether oxygens (including phenoxy) is 2. The second-order valence-electron chi connectivity index (χ2n) is 6.84. The van der Waals surface area contributed by atoms with Gasteiger partial charge in [0.25, 0.3) is 5.56 Å². The molecular formula is C19H25N3O4. The van der Waals surface area contributed by atoms with Crippen molar-refractivity contribution >= 4 is 0 Å². The van der Waals surface area contributed by atoms with Crippen LogP contribution >= 0.6 is 0 Å². The van der Waals surface area contributed by atoms with Crippen LogP contribution in [-0.4, -0.2) is 40.7 Å². The van der Waals surface area contributed by atoms with Gasteiger partial charge in [-0.05, 0) is 17.7 Å². The summed E-state index contributed by atoms with van der Waals surface area (Å²) in [5.41, 5.74) is 2.46. The summed E-state index contributed by atoms with van der Waals surface area (Å²) in [7, 11) is 3.03. The normalized spacial score (nSPS) is 14.3. The largest absolute Gasteiger partial charge is 0.504 e. The highest BCUT2D eigenvalue weighted by Crippen LogP contribution is 2.37. The summed E-state index contributed by atoms with van der Waals surface area (Å²) in [5, 5.41) is 10.1. The van der Waals surface area contributed by atoms with Crippen molar-refractivity contribution in [2.45, 2.75) is 39.3 Å². The number of aromatic hydroxyl groups is 1. The lowest BCUT2D eigenvalue weighted by atomic mass is 10.0. The molecule has 26 heavy (non-hydrogen) atoms. The molecule has 140 valence electrons. The van der Waals surface area contributed by atoms with Crippen molar-refractivity contribution in [2.24, 2.45) is 0 Å². The average molecular weight is 359 g/mol. The standard InChI is InChI=1S/C19H25N3O4/c1-11(2)18-20-14-5-6-22(10-13(14)19(24)21-18)9-12-7-15(23)17(26-4)16(8-12)25-3/h7-8,11,23H,5-6,9-10H2,1-4H3,(H,20,21,24). The van der Waals surface area contributed by atoms with Crippen LogP contribution in [0.1, 0.15) is 42.4 Å². The fourth-order valence-corrected chi connectivity index (χ4v) is 3.26. The van der Waals surface area contributed by atoms with Crippen LogP contribution in [0.2, 0.25) is 0 Å². The van der Waals surface area contributed by atoms with Gasteiger partial charge in [0.2, 0.25) is 5.75 Å². The first-order valence-electron chi connectivity index (χ1n) is 8.71. The summed E-state index contributed by atoms with van der Waals surface area (Å²) in [4.78, 5) is 22.1. The Kier molecular flexibility index (Phi) is 5.18. The third-order valence-corrected chi connectivity index (χ3v) is 4.64. The Morgan fingerprint density at radius 3 is 2.73 bits per heavy atom. The molecule has 1 aromatic heterocycles. The van der Waals surface area contributed by atoms with Gasteiger partial charge in [-0.25, -0.2) is 4.98 Å². The van der Waals surface area contributed by atoms with Gasteiger partial charge in [0.15, 0.2) is 11.5 Å². The van der Waals surface area contributed by atoms with Gasteiger partial charge in [0.05, 0.1) is 25.5 Å². The Labute approximate surface area is 152 Å². The fourth-order valence-electron chi connectivity index (χ4n) is 3.26. The molecule has 1 aromatic carbocycles. The highest BCUT2D eigenvalue weighted by atomic mass is 16.5. The zero-order valence-corrected chi connectivity index (χ0v) is 15.6. The number of aromatic amines is 1. The number of nitrogens with zero attached hydrogens (tertiary/aromatic N) is 2. The van der Waals surface area contributed by atoms with Crippen LogP contribution in [0.15, 0.2) is 16.9 Å². The minimum Gasteiger partial charge on any atom is -0.504 e. The predicted octanol–water partition coefficient (Wildman–Crippen LogP) is 2.17. The van der Waals surface area contributed by atoms with Crippen molar-refractivity contribution in [1.82, 2.24) is 14.9 Å². The first-order valence-corrected chi connectivity index (χ1v) is 8.71. The number of H-pyrrole nitrogens is 1. The van der Waals surface area contributed by atoms with Gasteiger partial charge >= 0.3 is 0 Å². The highest BCUT2D eigenvalue weighted by Gasteiger charge is 2.22. The van der Waals surface area contributed by atoms with Crippen molar-refractivity contribution in [3.8, 4) is 17.2 Å². The molecule has 2 N–H and O–H groups in total. The Morgan fingerprint density at radius 2 is 2.08 bits per heavy atom. The zero-order chi connectivity index (χ0) is 18.8. The summed E-state index contributed by atoms with van der Waals surface area (Å²) >= 11 is 0. The van der Waals surface area contributed by atoms with E-state index in [1.54, 1.807) is 6.07 Å². The second-order valence-corrected chi connectivity index (χ2v) is 6.84. The van der Waals surface area contributed by atoms with Gasteiger partial charge in [-0.15, -0.1) is 0 Å². The van der Waals surface area contributed by atoms with Crippen LogP contribution in [0, 0.1) is 0 Å².